The molecule has 0 bridgehead atoms. The van der Waals surface area contributed by atoms with Gasteiger partial charge in [0.25, 0.3) is 5.91 Å². The standard InChI is InChI=1S/C14H23N3O2/c1-10(2)17(3)8-4-7-15-14(18)12-9-13(19-16-12)11-5-6-11/h9-11H,4-8H2,1-3H3,(H,15,18). The highest BCUT2D eigenvalue weighted by atomic mass is 16.5. The lowest BCUT2D eigenvalue weighted by Gasteiger charge is -2.20. The fraction of sp³-hybridized carbons (Fsp3) is 0.714. The van der Waals surface area contributed by atoms with Gasteiger partial charge in [-0.2, -0.15) is 0 Å². The smallest absolute Gasteiger partial charge is 0.273 e. The largest absolute Gasteiger partial charge is 0.360 e. The summed E-state index contributed by atoms with van der Waals surface area (Å²) in [5.74, 6) is 1.21. The summed E-state index contributed by atoms with van der Waals surface area (Å²) in [5.41, 5.74) is 0.402. The summed E-state index contributed by atoms with van der Waals surface area (Å²) in [6, 6.07) is 2.31. The molecule has 5 nitrogen and oxygen atoms in total. The first-order chi connectivity index (χ1) is 9.08. The molecule has 2 rings (SSSR count). The molecule has 1 aliphatic carbocycles. The predicted octanol–water partition coefficient (Wildman–Crippen LogP) is 2.01. The molecular formula is C14H23N3O2. The van der Waals surface area contributed by atoms with Crippen molar-refractivity contribution in [3.63, 3.8) is 0 Å². The second-order valence-electron chi connectivity index (χ2n) is 5.57. The highest BCUT2D eigenvalue weighted by Crippen LogP contribution is 2.40. The number of aromatic nitrogens is 1. The SMILES string of the molecule is CC(C)N(C)CCCNC(=O)c1cc(C2CC2)on1. The zero-order chi connectivity index (χ0) is 13.8. The Morgan fingerprint density at radius 2 is 2.32 bits per heavy atom. The summed E-state index contributed by atoms with van der Waals surface area (Å²) in [5, 5.41) is 6.70. The average molecular weight is 265 g/mol. The number of hydrogen-bond acceptors (Lipinski definition) is 4. The maximum absolute atomic E-state index is 11.8. The number of carbonyl (C=O) groups is 1. The molecule has 106 valence electrons. The van der Waals surface area contributed by atoms with Crippen LogP contribution in [0.4, 0.5) is 0 Å². The molecule has 0 atom stereocenters. The number of rotatable bonds is 7. The molecule has 1 aromatic heterocycles. The van der Waals surface area contributed by atoms with E-state index in [2.05, 4.69) is 36.3 Å². The predicted molar refractivity (Wildman–Crippen MR) is 73.2 cm³/mol. The second-order valence-corrected chi connectivity index (χ2v) is 5.57. The fourth-order valence-corrected chi connectivity index (χ4v) is 1.84. The molecule has 0 aliphatic heterocycles. The average Bonchev–Trinajstić information content (AvgIpc) is 3.11. The molecule has 19 heavy (non-hydrogen) atoms. The Hall–Kier alpha value is -1.36. The minimum Gasteiger partial charge on any atom is -0.360 e. The Balaban J connectivity index is 1.68. The van der Waals surface area contributed by atoms with Gasteiger partial charge in [-0.05, 0) is 46.7 Å². The molecule has 0 radical (unpaired) electrons. The highest BCUT2D eigenvalue weighted by Gasteiger charge is 2.28. The van der Waals surface area contributed by atoms with Crippen LogP contribution in [-0.4, -0.2) is 42.1 Å². The Kier molecular flexibility index (Phi) is 4.58. The summed E-state index contributed by atoms with van der Waals surface area (Å²) in [4.78, 5) is 14.1. The van der Waals surface area contributed by atoms with Gasteiger partial charge in [0.2, 0.25) is 0 Å². The van der Waals surface area contributed by atoms with Crippen molar-refractivity contribution in [2.75, 3.05) is 20.1 Å². The molecular weight excluding hydrogens is 242 g/mol. The molecule has 5 heteroatoms. The minimum atomic E-state index is -0.136. The van der Waals surface area contributed by atoms with E-state index < -0.39 is 0 Å². The van der Waals surface area contributed by atoms with Crippen molar-refractivity contribution in [1.82, 2.24) is 15.4 Å². The minimum absolute atomic E-state index is 0.136. The lowest BCUT2D eigenvalue weighted by Crippen LogP contribution is -2.31. The Bertz CT molecular complexity index is 424. The third kappa shape index (κ3) is 4.06. The van der Waals surface area contributed by atoms with Crippen LogP contribution in [0.25, 0.3) is 0 Å². The number of carbonyl (C=O) groups excluding carboxylic acids is 1. The number of nitrogens with zero attached hydrogens (tertiary/aromatic N) is 2. The van der Waals surface area contributed by atoms with Crippen LogP contribution in [0, 0.1) is 0 Å². The Morgan fingerprint density at radius 1 is 1.58 bits per heavy atom. The van der Waals surface area contributed by atoms with Crippen molar-refractivity contribution in [1.29, 1.82) is 0 Å². The van der Waals surface area contributed by atoms with Crippen molar-refractivity contribution in [2.24, 2.45) is 0 Å². The molecule has 1 saturated carbocycles. The van der Waals surface area contributed by atoms with E-state index in [0.717, 1.165) is 31.6 Å². The van der Waals surface area contributed by atoms with Gasteiger partial charge < -0.3 is 14.7 Å². The first-order valence-corrected chi connectivity index (χ1v) is 7.03. The van der Waals surface area contributed by atoms with Gasteiger partial charge in [0.15, 0.2) is 5.69 Å². The lowest BCUT2D eigenvalue weighted by molar-refractivity contribution is 0.0942. The van der Waals surface area contributed by atoms with E-state index in [1.165, 1.54) is 0 Å². The van der Waals surface area contributed by atoms with Gasteiger partial charge in [0, 0.05) is 24.6 Å². The van der Waals surface area contributed by atoms with Gasteiger partial charge in [-0.25, -0.2) is 0 Å². The zero-order valence-corrected chi connectivity index (χ0v) is 12.0. The number of amides is 1. The summed E-state index contributed by atoms with van der Waals surface area (Å²) in [6.45, 7) is 5.96. The van der Waals surface area contributed by atoms with E-state index in [9.17, 15) is 4.79 Å². The van der Waals surface area contributed by atoms with Crippen LogP contribution in [0.2, 0.25) is 0 Å². The molecule has 1 N–H and O–H groups in total. The van der Waals surface area contributed by atoms with Crippen LogP contribution >= 0.6 is 0 Å². The van der Waals surface area contributed by atoms with Gasteiger partial charge in [0.05, 0.1) is 0 Å². The monoisotopic (exact) mass is 265 g/mol. The quantitative estimate of drug-likeness (QED) is 0.766. The number of hydrogen-bond donors (Lipinski definition) is 1. The third-order valence-corrected chi connectivity index (χ3v) is 3.60. The van der Waals surface area contributed by atoms with Gasteiger partial charge >= 0.3 is 0 Å². The normalized spacial score (nSPS) is 15.2. The van der Waals surface area contributed by atoms with E-state index in [1.807, 2.05) is 0 Å². The van der Waals surface area contributed by atoms with Crippen LogP contribution in [-0.2, 0) is 0 Å². The van der Waals surface area contributed by atoms with Crippen molar-refractivity contribution in [2.45, 2.75) is 45.1 Å². The first-order valence-electron chi connectivity index (χ1n) is 7.03. The van der Waals surface area contributed by atoms with E-state index in [-0.39, 0.29) is 5.91 Å². The van der Waals surface area contributed by atoms with Gasteiger partial charge in [0.1, 0.15) is 5.76 Å². The lowest BCUT2D eigenvalue weighted by atomic mass is 10.2. The summed E-state index contributed by atoms with van der Waals surface area (Å²) in [7, 11) is 2.09. The molecule has 0 saturated heterocycles. The van der Waals surface area contributed by atoms with Gasteiger partial charge in [-0.15, -0.1) is 0 Å². The molecule has 1 aromatic rings. The molecule has 1 fully saturated rings. The zero-order valence-electron chi connectivity index (χ0n) is 12.0. The van der Waals surface area contributed by atoms with Crippen molar-refractivity contribution < 1.29 is 9.32 Å². The van der Waals surface area contributed by atoms with E-state index >= 15 is 0 Å². The van der Waals surface area contributed by atoms with Crippen molar-refractivity contribution in [3.8, 4) is 0 Å². The Labute approximate surface area is 114 Å². The fourth-order valence-electron chi connectivity index (χ4n) is 1.84. The van der Waals surface area contributed by atoms with Crippen LogP contribution in [0.3, 0.4) is 0 Å². The van der Waals surface area contributed by atoms with Crippen LogP contribution < -0.4 is 5.32 Å². The van der Waals surface area contributed by atoms with Gasteiger partial charge in [-0.1, -0.05) is 5.16 Å². The molecule has 1 amide bonds. The first kappa shape index (κ1) is 14.1. The maximum atomic E-state index is 11.8. The van der Waals surface area contributed by atoms with Gasteiger partial charge in [-0.3, -0.25) is 4.79 Å². The van der Waals surface area contributed by atoms with E-state index in [0.29, 0.717) is 24.2 Å². The molecule has 1 heterocycles. The Morgan fingerprint density at radius 3 is 2.95 bits per heavy atom. The summed E-state index contributed by atoms with van der Waals surface area (Å²) in [6.07, 6.45) is 3.24. The molecule has 1 aliphatic rings. The van der Waals surface area contributed by atoms with E-state index in [1.54, 1.807) is 6.07 Å². The molecule has 0 aromatic carbocycles. The topological polar surface area (TPSA) is 58.4 Å². The van der Waals surface area contributed by atoms with Crippen molar-refractivity contribution in [3.05, 3.63) is 17.5 Å². The van der Waals surface area contributed by atoms with Crippen LogP contribution in [0.15, 0.2) is 10.6 Å². The van der Waals surface area contributed by atoms with Crippen LogP contribution in [0.5, 0.6) is 0 Å². The molecule has 0 unspecified atom stereocenters. The van der Waals surface area contributed by atoms with Crippen molar-refractivity contribution >= 4 is 5.91 Å². The van der Waals surface area contributed by atoms with Crippen LogP contribution in [0.1, 0.15) is 55.3 Å². The second kappa shape index (κ2) is 6.19. The van der Waals surface area contributed by atoms with E-state index in [4.69, 9.17) is 4.52 Å². The molecule has 0 spiro atoms. The summed E-state index contributed by atoms with van der Waals surface area (Å²) < 4.78 is 5.17. The maximum Gasteiger partial charge on any atom is 0.273 e. The summed E-state index contributed by atoms with van der Waals surface area (Å²) >= 11 is 0. The highest BCUT2D eigenvalue weighted by molar-refractivity contribution is 5.92. The third-order valence-electron chi connectivity index (χ3n) is 3.60. The number of nitrogens with one attached hydrogen (secondary N) is 1.